The average Bonchev–Trinajstić information content (AvgIpc) is 2.34. The Morgan fingerprint density at radius 2 is 2.16 bits per heavy atom. The van der Waals surface area contributed by atoms with Gasteiger partial charge in [0.2, 0.25) is 0 Å². The molecule has 1 aliphatic rings. The van der Waals surface area contributed by atoms with Crippen molar-refractivity contribution in [2.45, 2.75) is 31.7 Å². The van der Waals surface area contributed by atoms with Gasteiger partial charge in [0.05, 0.1) is 5.56 Å². The van der Waals surface area contributed by atoms with Gasteiger partial charge in [0, 0.05) is 23.5 Å². The standard InChI is InChI=1S/C14H16Cl2FNO/c15-7-2-8-18(11-3-1-4-11)14(19)12-9-10(16)5-6-13(12)17/h5-6,9,11H,1-4,7-8H2. The highest BCUT2D eigenvalue weighted by atomic mass is 35.5. The molecule has 0 bridgehead atoms. The predicted molar refractivity (Wildman–Crippen MR) is 75.4 cm³/mol. The summed E-state index contributed by atoms with van der Waals surface area (Å²) in [6.07, 6.45) is 3.80. The minimum absolute atomic E-state index is 0.0500. The summed E-state index contributed by atoms with van der Waals surface area (Å²) in [4.78, 5) is 14.2. The maximum Gasteiger partial charge on any atom is 0.257 e. The normalized spacial score (nSPS) is 15.1. The first kappa shape index (κ1) is 14.6. The summed E-state index contributed by atoms with van der Waals surface area (Å²) >= 11 is 11.5. The second-order valence-corrected chi connectivity index (χ2v) is 5.56. The van der Waals surface area contributed by atoms with Gasteiger partial charge in [-0.05, 0) is 43.9 Å². The maximum absolute atomic E-state index is 13.8. The number of nitrogens with zero attached hydrogens (tertiary/aromatic N) is 1. The van der Waals surface area contributed by atoms with Gasteiger partial charge in [-0.25, -0.2) is 4.39 Å². The second kappa shape index (κ2) is 6.58. The third kappa shape index (κ3) is 3.40. The fourth-order valence-corrected chi connectivity index (χ4v) is 2.49. The van der Waals surface area contributed by atoms with Crippen molar-refractivity contribution in [3.63, 3.8) is 0 Å². The molecule has 0 atom stereocenters. The summed E-state index contributed by atoms with van der Waals surface area (Å²) in [7, 11) is 0. The molecule has 2 nitrogen and oxygen atoms in total. The van der Waals surface area contributed by atoms with E-state index in [1.807, 2.05) is 0 Å². The SMILES string of the molecule is O=C(c1cc(Cl)ccc1F)N(CCCCl)C1CCC1. The Bertz CT molecular complexity index is 463. The Morgan fingerprint density at radius 1 is 1.42 bits per heavy atom. The van der Waals surface area contributed by atoms with Crippen LogP contribution in [0.15, 0.2) is 18.2 Å². The van der Waals surface area contributed by atoms with Gasteiger partial charge < -0.3 is 4.90 Å². The van der Waals surface area contributed by atoms with E-state index < -0.39 is 5.82 Å². The lowest BCUT2D eigenvalue weighted by Gasteiger charge is -2.37. The topological polar surface area (TPSA) is 20.3 Å². The van der Waals surface area contributed by atoms with Crippen molar-refractivity contribution in [3.8, 4) is 0 Å². The van der Waals surface area contributed by atoms with Crippen LogP contribution in [0, 0.1) is 5.82 Å². The van der Waals surface area contributed by atoms with Gasteiger partial charge >= 0.3 is 0 Å². The van der Waals surface area contributed by atoms with Crippen molar-refractivity contribution in [2.24, 2.45) is 0 Å². The van der Waals surface area contributed by atoms with Gasteiger partial charge in [-0.3, -0.25) is 4.79 Å². The van der Waals surface area contributed by atoms with E-state index in [1.165, 1.54) is 18.2 Å². The van der Waals surface area contributed by atoms with Crippen molar-refractivity contribution < 1.29 is 9.18 Å². The van der Waals surface area contributed by atoms with Crippen LogP contribution in [0.1, 0.15) is 36.0 Å². The number of rotatable bonds is 5. The Morgan fingerprint density at radius 3 is 2.74 bits per heavy atom. The molecule has 19 heavy (non-hydrogen) atoms. The van der Waals surface area contributed by atoms with Gasteiger partial charge in [-0.2, -0.15) is 0 Å². The van der Waals surface area contributed by atoms with Crippen LogP contribution in [0.2, 0.25) is 5.02 Å². The van der Waals surface area contributed by atoms with E-state index in [0.717, 1.165) is 19.3 Å². The lowest BCUT2D eigenvalue weighted by molar-refractivity contribution is 0.0576. The predicted octanol–water partition coefficient (Wildman–Crippen LogP) is 4.10. The van der Waals surface area contributed by atoms with Crippen molar-refractivity contribution in [2.75, 3.05) is 12.4 Å². The summed E-state index contributed by atoms with van der Waals surface area (Å²) in [5.41, 5.74) is 0.0500. The number of carbonyl (C=O) groups excluding carboxylic acids is 1. The van der Waals surface area contributed by atoms with Crippen LogP contribution in [0.3, 0.4) is 0 Å². The lowest BCUT2D eigenvalue weighted by Crippen LogP contribution is -2.45. The van der Waals surface area contributed by atoms with E-state index in [1.54, 1.807) is 4.90 Å². The molecule has 0 saturated heterocycles. The second-order valence-electron chi connectivity index (χ2n) is 4.75. The molecule has 0 aromatic heterocycles. The molecule has 0 spiro atoms. The third-order valence-electron chi connectivity index (χ3n) is 3.47. The van der Waals surface area contributed by atoms with Crippen molar-refractivity contribution >= 4 is 29.1 Å². The molecule has 1 aromatic carbocycles. The molecule has 0 aliphatic heterocycles. The van der Waals surface area contributed by atoms with E-state index in [-0.39, 0.29) is 17.5 Å². The first-order valence-corrected chi connectivity index (χ1v) is 7.36. The van der Waals surface area contributed by atoms with Crippen LogP contribution in [-0.2, 0) is 0 Å². The fourth-order valence-electron chi connectivity index (χ4n) is 2.19. The van der Waals surface area contributed by atoms with Gasteiger partial charge in [0.25, 0.3) is 5.91 Å². The number of benzene rings is 1. The van der Waals surface area contributed by atoms with Gasteiger partial charge in [-0.15, -0.1) is 11.6 Å². The van der Waals surface area contributed by atoms with Crippen molar-refractivity contribution in [3.05, 3.63) is 34.6 Å². The van der Waals surface area contributed by atoms with Crippen LogP contribution in [0.5, 0.6) is 0 Å². The third-order valence-corrected chi connectivity index (χ3v) is 3.97. The van der Waals surface area contributed by atoms with E-state index >= 15 is 0 Å². The Kier molecular flexibility index (Phi) is 5.06. The van der Waals surface area contributed by atoms with Crippen LogP contribution in [-0.4, -0.2) is 29.3 Å². The van der Waals surface area contributed by atoms with Crippen LogP contribution >= 0.6 is 23.2 Å². The summed E-state index contributed by atoms with van der Waals surface area (Å²) < 4.78 is 13.8. The minimum Gasteiger partial charge on any atom is -0.336 e. The lowest BCUT2D eigenvalue weighted by atomic mass is 9.90. The molecular weight excluding hydrogens is 288 g/mol. The fraction of sp³-hybridized carbons (Fsp3) is 0.500. The van der Waals surface area contributed by atoms with Gasteiger partial charge in [0.1, 0.15) is 5.82 Å². The van der Waals surface area contributed by atoms with Crippen LogP contribution < -0.4 is 0 Å². The van der Waals surface area contributed by atoms with Crippen molar-refractivity contribution in [1.82, 2.24) is 4.90 Å². The molecule has 104 valence electrons. The van der Waals surface area contributed by atoms with Crippen LogP contribution in [0.4, 0.5) is 4.39 Å². The Balaban J connectivity index is 2.19. The molecule has 1 saturated carbocycles. The summed E-state index contributed by atoms with van der Waals surface area (Å²) in [5.74, 6) is -0.312. The number of carbonyl (C=O) groups is 1. The highest BCUT2D eigenvalue weighted by Crippen LogP contribution is 2.27. The number of hydrogen-bond acceptors (Lipinski definition) is 1. The molecule has 0 N–H and O–H groups in total. The van der Waals surface area contributed by atoms with E-state index in [2.05, 4.69) is 0 Å². The Labute approximate surface area is 122 Å². The van der Waals surface area contributed by atoms with E-state index in [4.69, 9.17) is 23.2 Å². The summed E-state index contributed by atoms with van der Waals surface area (Å²) in [5, 5.41) is 0.371. The van der Waals surface area contributed by atoms with Crippen molar-refractivity contribution in [1.29, 1.82) is 0 Å². The molecule has 1 aliphatic carbocycles. The van der Waals surface area contributed by atoms with E-state index in [9.17, 15) is 9.18 Å². The summed E-state index contributed by atoms with van der Waals surface area (Å²) in [6.45, 7) is 0.568. The molecule has 0 radical (unpaired) electrons. The molecule has 2 rings (SSSR count). The average molecular weight is 304 g/mol. The number of halogens is 3. The minimum atomic E-state index is -0.524. The zero-order chi connectivity index (χ0) is 13.8. The van der Waals surface area contributed by atoms with Crippen LogP contribution in [0.25, 0.3) is 0 Å². The first-order chi connectivity index (χ1) is 9.13. The Hall–Kier alpha value is -0.800. The molecule has 1 amide bonds. The first-order valence-electron chi connectivity index (χ1n) is 6.45. The molecule has 0 heterocycles. The van der Waals surface area contributed by atoms with Gasteiger partial charge in [-0.1, -0.05) is 11.6 Å². The van der Waals surface area contributed by atoms with E-state index in [0.29, 0.717) is 23.9 Å². The quantitative estimate of drug-likeness (QED) is 0.750. The molecule has 1 aromatic rings. The molecule has 1 fully saturated rings. The highest BCUT2D eigenvalue weighted by molar-refractivity contribution is 6.31. The number of alkyl halides is 1. The monoisotopic (exact) mass is 303 g/mol. The zero-order valence-corrected chi connectivity index (χ0v) is 12.1. The number of hydrogen-bond donors (Lipinski definition) is 0. The summed E-state index contributed by atoms with van der Waals surface area (Å²) in [6, 6.07) is 4.29. The smallest absolute Gasteiger partial charge is 0.257 e. The molecule has 5 heteroatoms. The largest absolute Gasteiger partial charge is 0.336 e. The number of amides is 1. The van der Waals surface area contributed by atoms with Gasteiger partial charge in [0.15, 0.2) is 0 Å². The molecule has 0 unspecified atom stereocenters. The molecular formula is C14H16Cl2FNO. The zero-order valence-electron chi connectivity index (χ0n) is 10.5. The highest BCUT2D eigenvalue weighted by Gasteiger charge is 2.30. The maximum atomic E-state index is 13.8.